The van der Waals surface area contributed by atoms with Crippen LogP contribution in [0.2, 0.25) is 0 Å². The van der Waals surface area contributed by atoms with Crippen LogP contribution >= 0.6 is 0 Å². The summed E-state index contributed by atoms with van der Waals surface area (Å²) in [5.41, 5.74) is 11.8. The quantitative estimate of drug-likeness (QED) is 0.417. The summed E-state index contributed by atoms with van der Waals surface area (Å²) in [5.74, 6) is 3.70. The lowest BCUT2D eigenvalue weighted by atomic mass is 9.79. The van der Waals surface area contributed by atoms with Gasteiger partial charge >= 0.3 is 0 Å². The van der Waals surface area contributed by atoms with Crippen LogP contribution in [0.5, 0.6) is 0 Å². The molecule has 0 N–H and O–H groups in total. The van der Waals surface area contributed by atoms with Crippen LogP contribution in [0.3, 0.4) is 0 Å². The number of aryl methyl sites for hydroxylation is 5. The van der Waals surface area contributed by atoms with Gasteiger partial charge in [0, 0.05) is 28.7 Å². The zero-order valence-corrected chi connectivity index (χ0v) is 26.6. The number of aromatic nitrogens is 4. The van der Waals surface area contributed by atoms with E-state index in [4.69, 9.17) is 4.99 Å². The van der Waals surface area contributed by atoms with Crippen molar-refractivity contribution >= 4 is 5.71 Å². The molecule has 0 fully saturated rings. The highest BCUT2D eigenvalue weighted by Gasteiger charge is 2.26. The molecule has 3 heterocycles. The van der Waals surface area contributed by atoms with Gasteiger partial charge in [-0.15, -0.1) is 0 Å². The Hall–Kier alpha value is -2.43. The van der Waals surface area contributed by atoms with Gasteiger partial charge in [-0.25, -0.2) is 9.97 Å². The zero-order chi connectivity index (χ0) is 28.8. The van der Waals surface area contributed by atoms with Crippen molar-refractivity contribution in [2.24, 2.45) is 22.7 Å². The lowest BCUT2D eigenvalue weighted by molar-refractivity contribution is 0.520. The van der Waals surface area contributed by atoms with Crippen molar-refractivity contribution in [1.82, 2.24) is 19.9 Å². The van der Waals surface area contributed by atoms with Gasteiger partial charge in [-0.1, -0.05) is 55.4 Å². The van der Waals surface area contributed by atoms with Crippen molar-refractivity contribution in [2.75, 3.05) is 0 Å². The second-order valence-electron chi connectivity index (χ2n) is 11.6. The van der Waals surface area contributed by atoms with E-state index >= 15 is 0 Å². The molecule has 206 valence electrons. The predicted molar refractivity (Wildman–Crippen MR) is 160 cm³/mol. The first-order valence-corrected chi connectivity index (χ1v) is 13.9. The van der Waals surface area contributed by atoms with Gasteiger partial charge < -0.3 is 0 Å². The van der Waals surface area contributed by atoms with Crippen LogP contribution in [0.25, 0.3) is 0 Å². The summed E-state index contributed by atoms with van der Waals surface area (Å²) in [7, 11) is 0. The Morgan fingerprint density at radius 3 is 1.51 bits per heavy atom. The molecule has 1 aliphatic heterocycles. The van der Waals surface area contributed by atoms with Crippen LogP contribution < -0.4 is 0 Å². The normalized spacial score (nSPS) is 17.4. The molecule has 2 aromatic heterocycles. The minimum atomic E-state index is 0.469. The third-order valence-corrected chi connectivity index (χ3v) is 7.51. The molecule has 0 aromatic carbocycles. The van der Waals surface area contributed by atoms with Gasteiger partial charge in [0.1, 0.15) is 5.82 Å². The van der Waals surface area contributed by atoms with Gasteiger partial charge in [-0.3, -0.25) is 15.0 Å². The highest BCUT2D eigenvalue weighted by molar-refractivity contribution is 5.90. The summed E-state index contributed by atoms with van der Waals surface area (Å²) >= 11 is 0. The van der Waals surface area contributed by atoms with Crippen LogP contribution in [0.1, 0.15) is 127 Å². The molecule has 0 aliphatic carbocycles. The molecule has 0 bridgehead atoms. The van der Waals surface area contributed by atoms with Crippen molar-refractivity contribution in [1.29, 1.82) is 0 Å². The van der Waals surface area contributed by atoms with E-state index in [1.54, 1.807) is 0 Å². The van der Waals surface area contributed by atoms with Crippen molar-refractivity contribution in [3.8, 4) is 0 Å². The SMILES string of the molecule is CC1=C(C)C(C)C(C)C(C(C)C)=N1.Cc1nc(C)c(C(C)C)nc1C.Cc1nc(C)c(C)c(C(C)C)n1. The van der Waals surface area contributed by atoms with Gasteiger partial charge in [0.25, 0.3) is 0 Å². The van der Waals surface area contributed by atoms with E-state index in [1.807, 2.05) is 34.6 Å². The van der Waals surface area contributed by atoms with Crippen molar-refractivity contribution < 1.29 is 0 Å². The maximum atomic E-state index is 4.69. The molecule has 37 heavy (non-hydrogen) atoms. The molecule has 0 radical (unpaired) electrons. The Kier molecular flexibility index (Phi) is 12.3. The first kappa shape index (κ1) is 32.6. The zero-order valence-electron chi connectivity index (χ0n) is 26.6. The highest BCUT2D eigenvalue weighted by Crippen LogP contribution is 2.31. The number of nitrogens with zero attached hydrogens (tertiary/aromatic N) is 5. The van der Waals surface area contributed by atoms with Gasteiger partial charge in [-0.2, -0.15) is 0 Å². The highest BCUT2D eigenvalue weighted by atomic mass is 14.9. The second-order valence-corrected chi connectivity index (χ2v) is 11.6. The topological polar surface area (TPSA) is 63.9 Å². The fraction of sp³-hybridized carbons (Fsp3) is 0.656. The average molecular weight is 508 g/mol. The Morgan fingerprint density at radius 1 is 0.514 bits per heavy atom. The minimum absolute atomic E-state index is 0.469. The van der Waals surface area contributed by atoms with Crippen molar-refractivity contribution in [2.45, 2.75) is 123 Å². The Balaban J connectivity index is 0.000000278. The largest absolute Gasteiger partial charge is 0.262 e. The number of allylic oxidation sites excluding steroid dienone is 2. The fourth-order valence-electron chi connectivity index (χ4n) is 4.64. The fourth-order valence-corrected chi connectivity index (χ4v) is 4.64. The number of rotatable bonds is 3. The van der Waals surface area contributed by atoms with E-state index in [9.17, 15) is 0 Å². The second kappa shape index (κ2) is 13.9. The lowest BCUT2D eigenvalue weighted by Gasteiger charge is -2.30. The molecule has 0 spiro atoms. The van der Waals surface area contributed by atoms with Gasteiger partial charge in [-0.05, 0) is 90.2 Å². The summed E-state index contributed by atoms with van der Waals surface area (Å²) in [6, 6.07) is 0. The standard InChI is InChI=1S/C12H21N.2C10H16N2/c1-7(2)12-10(5)8(3)9(4)11(6)13-12;1-6(2)10-9(5)11-7(3)8(4)12-10;1-6(2)10-7(3)8(4)11-9(5)12-10/h7-8,10H,1-6H3;2*6H,1-5H3. The number of hydrogen-bond donors (Lipinski definition) is 0. The third-order valence-electron chi connectivity index (χ3n) is 7.51. The van der Waals surface area contributed by atoms with Crippen LogP contribution in [-0.4, -0.2) is 25.6 Å². The maximum Gasteiger partial charge on any atom is 0.125 e. The molecule has 2 aromatic rings. The van der Waals surface area contributed by atoms with Crippen LogP contribution in [0.15, 0.2) is 16.3 Å². The van der Waals surface area contributed by atoms with E-state index in [0.717, 1.165) is 34.3 Å². The van der Waals surface area contributed by atoms with E-state index in [-0.39, 0.29) is 0 Å². The predicted octanol–water partition coefficient (Wildman–Crippen LogP) is 8.71. The summed E-state index contributed by atoms with van der Waals surface area (Å²) in [5, 5.41) is 0. The van der Waals surface area contributed by atoms with E-state index in [0.29, 0.717) is 29.6 Å². The lowest BCUT2D eigenvalue weighted by Crippen LogP contribution is -2.27. The van der Waals surface area contributed by atoms with Crippen LogP contribution in [0.4, 0.5) is 0 Å². The molecule has 5 nitrogen and oxygen atoms in total. The van der Waals surface area contributed by atoms with Crippen molar-refractivity contribution in [3.05, 3.63) is 56.8 Å². The summed E-state index contributed by atoms with van der Waals surface area (Å²) in [6.45, 7) is 34.1. The number of hydrogen-bond acceptors (Lipinski definition) is 5. The summed E-state index contributed by atoms with van der Waals surface area (Å²) in [6.07, 6.45) is 0. The van der Waals surface area contributed by atoms with Gasteiger partial charge in [0.15, 0.2) is 0 Å². The summed E-state index contributed by atoms with van der Waals surface area (Å²) < 4.78 is 0. The monoisotopic (exact) mass is 507 g/mol. The van der Waals surface area contributed by atoms with Crippen molar-refractivity contribution in [3.63, 3.8) is 0 Å². The molecular formula is C32H53N5. The van der Waals surface area contributed by atoms with E-state index in [1.165, 1.54) is 28.2 Å². The van der Waals surface area contributed by atoms with Gasteiger partial charge in [0.05, 0.1) is 22.8 Å². The summed E-state index contributed by atoms with van der Waals surface area (Å²) in [4.78, 5) is 22.4. The first-order valence-electron chi connectivity index (χ1n) is 13.9. The number of aliphatic imine (C=N–C) groups is 1. The van der Waals surface area contributed by atoms with Crippen LogP contribution in [-0.2, 0) is 0 Å². The Labute approximate surface area is 227 Å². The molecule has 0 amide bonds. The van der Waals surface area contributed by atoms with Gasteiger partial charge in [0.2, 0.25) is 0 Å². The molecule has 3 rings (SSSR count). The molecule has 0 saturated carbocycles. The van der Waals surface area contributed by atoms with E-state index in [2.05, 4.69) is 96.1 Å². The average Bonchev–Trinajstić information content (AvgIpc) is 2.80. The molecule has 0 saturated heterocycles. The Morgan fingerprint density at radius 2 is 1.03 bits per heavy atom. The first-order chi connectivity index (χ1) is 17.0. The third kappa shape index (κ3) is 8.83. The molecule has 5 heteroatoms. The molecule has 2 unspecified atom stereocenters. The molecule has 1 aliphatic rings. The molecular weight excluding hydrogens is 454 g/mol. The van der Waals surface area contributed by atoms with Crippen LogP contribution in [0, 0.1) is 59.3 Å². The Bertz CT molecular complexity index is 1120. The minimum Gasteiger partial charge on any atom is -0.262 e. The molecule has 2 atom stereocenters. The van der Waals surface area contributed by atoms with E-state index < -0.39 is 0 Å². The maximum absolute atomic E-state index is 4.69. The smallest absolute Gasteiger partial charge is 0.125 e.